The molecular formula is C13H16FNO3. The molecule has 2 rings (SSSR count). The highest BCUT2D eigenvalue weighted by Crippen LogP contribution is 2.38. The van der Waals surface area contributed by atoms with Crippen molar-refractivity contribution in [2.75, 3.05) is 13.7 Å². The van der Waals surface area contributed by atoms with Crippen molar-refractivity contribution in [2.45, 2.75) is 18.6 Å². The molecule has 0 aliphatic carbocycles. The molecule has 1 aliphatic heterocycles. The SMILES string of the molecule is COC(=O)[C@@H]1[C@@H](C)OC[C@@]1(N)c1ccccc1F. The summed E-state index contributed by atoms with van der Waals surface area (Å²) in [5.74, 6) is -1.63. The van der Waals surface area contributed by atoms with Crippen LogP contribution in [0, 0.1) is 11.7 Å². The van der Waals surface area contributed by atoms with Gasteiger partial charge >= 0.3 is 5.97 Å². The summed E-state index contributed by atoms with van der Waals surface area (Å²) < 4.78 is 24.0. The van der Waals surface area contributed by atoms with E-state index in [0.717, 1.165) is 0 Å². The maximum absolute atomic E-state index is 13.9. The van der Waals surface area contributed by atoms with Crippen molar-refractivity contribution in [3.8, 4) is 0 Å². The Labute approximate surface area is 105 Å². The molecule has 0 unspecified atom stereocenters. The second kappa shape index (κ2) is 4.66. The summed E-state index contributed by atoms with van der Waals surface area (Å²) in [5, 5.41) is 0. The van der Waals surface area contributed by atoms with Gasteiger partial charge in [-0.1, -0.05) is 18.2 Å². The van der Waals surface area contributed by atoms with Gasteiger partial charge in [-0.15, -0.1) is 0 Å². The minimum atomic E-state index is -1.18. The molecule has 0 amide bonds. The average Bonchev–Trinajstić information content (AvgIpc) is 2.66. The Hall–Kier alpha value is -1.46. The van der Waals surface area contributed by atoms with E-state index in [9.17, 15) is 9.18 Å². The van der Waals surface area contributed by atoms with Gasteiger partial charge in [-0.05, 0) is 13.0 Å². The number of carbonyl (C=O) groups excluding carboxylic acids is 1. The summed E-state index contributed by atoms with van der Waals surface area (Å²) in [4.78, 5) is 11.8. The van der Waals surface area contributed by atoms with Gasteiger partial charge in [0.25, 0.3) is 0 Å². The quantitative estimate of drug-likeness (QED) is 0.804. The van der Waals surface area contributed by atoms with Crippen molar-refractivity contribution in [2.24, 2.45) is 11.7 Å². The number of halogens is 1. The van der Waals surface area contributed by atoms with Crippen molar-refractivity contribution in [3.63, 3.8) is 0 Å². The number of hydrogen-bond donors (Lipinski definition) is 1. The maximum Gasteiger partial charge on any atom is 0.313 e. The average molecular weight is 253 g/mol. The van der Waals surface area contributed by atoms with Gasteiger partial charge in [0, 0.05) is 5.56 Å². The predicted octanol–water partition coefficient (Wildman–Crippen LogP) is 1.19. The van der Waals surface area contributed by atoms with Crippen LogP contribution in [-0.4, -0.2) is 25.8 Å². The van der Waals surface area contributed by atoms with Crippen molar-refractivity contribution in [1.82, 2.24) is 0 Å². The molecule has 0 saturated carbocycles. The van der Waals surface area contributed by atoms with Crippen molar-refractivity contribution >= 4 is 5.97 Å². The first-order valence-electron chi connectivity index (χ1n) is 5.74. The number of ether oxygens (including phenoxy) is 2. The van der Waals surface area contributed by atoms with Crippen LogP contribution in [0.1, 0.15) is 12.5 Å². The van der Waals surface area contributed by atoms with Gasteiger partial charge in [-0.25, -0.2) is 4.39 Å². The van der Waals surface area contributed by atoms with Crippen molar-refractivity contribution in [1.29, 1.82) is 0 Å². The molecule has 4 nitrogen and oxygen atoms in total. The Balaban J connectivity index is 2.46. The lowest BCUT2D eigenvalue weighted by molar-refractivity contribution is -0.148. The van der Waals surface area contributed by atoms with Crippen LogP contribution < -0.4 is 5.73 Å². The van der Waals surface area contributed by atoms with Crippen LogP contribution in [0.2, 0.25) is 0 Å². The number of carbonyl (C=O) groups is 1. The molecule has 0 spiro atoms. The first kappa shape index (κ1) is 13.0. The Bertz CT molecular complexity index is 465. The highest BCUT2D eigenvalue weighted by molar-refractivity contribution is 5.75. The first-order valence-corrected chi connectivity index (χ1v) is 5.74. The summed E-state index contributed by atoms with van der Waals surface area (Å²) >= 11 is 0. The minimum Gasteiger partial charge on any atom is -0.469 e. The molecule has 2 N–H and O–H groups in total. The molecule has 3 atom stereocenters. The molecule has 0 aromatic heterocycles. The van der Waals surface area contributed by atoms with E-state index in [0.29, 0.717) is 0 Å². The summed E-state index contributed by atoms with van der Waals surface area (Å²) in [7, 11) is 1.29. The van der Waals surface area contributed by atoms with E-state index in [2.05, 4.69) is 0 Å². The molecule has 5 heteroatoms. The van der Waals surface area contributed by atoms with E-state index < -0.39 is 29.3 Å². The number of nitrogens with two attached hydrogens (primary N) is 1. The Morgan fingerprint density at radius 3 is 2.83 bits per heavy atom. The standard InChI is InChI=1S/C13H16FNO3/c1-8-11(12(16)17-2)13(15,7-18-8)9-5-3-4-6-10(9)14/h3-6,8,11H,7,15H2,1-2H3/t8-,11+,13-/m1/s1. The zero-order valence-corrected chi connectivity index (χ0v) is 10.4. The van der Waals surface area contributed by atoms with E-state index in [1.165, 1.54) is 13.2 Å². The van der Waals surface area contributed by atoms with E-state index in [-0.39, 0.29) is 12.2 Å². The summed E-state index contributed by atoms with van der Waals surface area (Å²) in [6.45, 7) is 1.83. The molecule has 18 heavy (non-hydrogen) atoms. The molecule has 1 heterocycles. The fraction of sp³-hybridized carbons (Fsp3) is 0.462. The van der Waals surface area contributed by atoms with E-state index >= 15 is 0 Å². The Morgan fingerprint density at radius 1 is 1.56 bits per heavy atom. The van der Waals surface area contributed by atoms with Crippen LogP contribution in [0.5, 0.6) is 0 Å². The van der Waals surface area contributed by atoms with Crippen LogP contribution in [0.15, 0.2) is 24.3 Å². The van der Waals surface area contributed by atoms with Gasteiger partial charge in [0.15, 0.2) is 0 Å². The third kappa shape index (κ3) is 1.89. The monoisotopic (exact) mass is 253 g/mol. The van der Waals surface area contributed by atoms with Crippen molar-refractivity contribution in [3.05, 3.63) is 35.6 Å². The smallest absolute Gasteiger partial charge is 0.313 e. The van der Waals surface area contributed by atoms with Gasteiger partial charge in [0.2, 0.25) is 0 Å². The molecule has 1 fully saturated rings. The molecule has 1 aromatic rings. The van der Waals surface area contributed by atoms with Gasteiger partial charge in [-0.3, -0.25) is 4.79 Å². The van der Waals surface area contributed by atoms with Crippen LogP contribution in [0.4, 0.5) is 4.39 Å². The molecule has 98 valence electrons. The minimum absolute atomic E-state index is 0.0921. The number of hydrogen-bond acceptors (Lipinski definition) is 4. The predicted molar refractivity (Wildman–Crippen MR) is 63.2 cm³/mol. The first-order chi connectivity index (χ1) is 8.50. The van der Waals surface area contributed by atoms with Gasteiger partial charge < -0.3 is 15.2 Å². The third-order valence-electron chi connectivity index (χ3n) is 3.44. The van der Waals surface area contributed by atoms with Crippen LogP contribution in [0.3, 0.4) is 0 Å². The fourth-order valence-electron chi connectivity index (χ4n) is 2.49. The topological polar surface area (TPSA) is 61.5 Å². The summed E-state index contributed by atoms with van der Waals surface area (Å²) in [6, 6.07) is 6.16. The second-order valence-electron chi connectivity index (χ2n) is 4.54. The second-order valence-corrected chi connectivity index (χ2v) is 4.54. The summed E-state index contributed by atoms with van der Waals surface area (Å²) in [5.41, 5.74) is 5.33. The van der Waals surface area contributed by atoms with E-state index in [1.807, 2.05) is 0 Å². The van der Waals surface area contributed by atoms with Crippen molar-refractivity contribution < 1.29 is 18.7 Å². The number of rotatable bonds is 2. The molecular weight excluding hydrogens is 237 g/mol. The van der Waals surface area contributed by atoms with Crippen LogP contribution >= 0.6 is 0 Å². The summed E-state index contributed by atoms with van der Waals surface area (Å²) in [6.07, 6.45) is -0.401. The lowest BCUT2D eigenvalue weighted by atomic mass is 9.78. The fourth-order valence-corrected chi connectivity index (χ4v) is 2.49. The lowest BCUT2D eigenvalue weighted by Crippen LogP contribution is -2.49. The van der Waals surface area contributed by atoms with Gasteiger partial charge in [0.1, 0.15) is 11.7 Å². The molecule has 0 bridgehead atoms. The van der Waals surface area contributed by atoms with E-state index in [4.69, 9.17) is 15.2 Å². The Kier molecular flexibility index (Phi) is 3.36. The van der Waals surface area contributed by atoms with Crippen LogP contribution in [-0.2, 0) is 19.8 Å². The normalized spacial score (nSPS) is 31.3. The zero-order valence-electron chi connectivity index (χ0n) is 10.4. The van der Waals surface area contributed by atoms with Gasteiger partial charge in [-0.2, -0.15) is 0 Å². The zero-order chi connectivity index (χ0) is 13.3. The lowest BCUT2D eigenvalue weighted by Gasteiger charge is -2.29. The Morgan fingerprint density at radius 2 is 2.22 bits per heavy atom. The van der Waals surface area contributed by atoms with E-state index in [1.54, 1.807) is 25.1 Å². The molecule has 1 aromatic carbocycles. The van der Waals surface area contributed by atoms with Gasteiger partial charge in [0.05, 0.1) is 25.4 Å². The number of benzene rings is 1. The molecule has 0 radical (unpaired) electrons. The maximum atomic E-state index is 13.9. The third-order valence-corrected chi connectivity index (χ3v) is 3.44. The molecule has 1 aliphatic rings. The highest BCUT2D eigenvalue weighted by atomic mass is 19.1. The molecule has 1 saturated heterocycles. The van der Waals surface area contributed by atoms with Crippen LogP contribution in [0.25, 0.3) is 0 Å². The highest BCUT2D eigenvalue weighted by Gasteiger charge is 2.52. The number of esters is 1. The largest absolute Gasteiger partial charge is 0.469 e. The number of methoxy groups -OCH3 is 1.